The molecule has 198 valence electrons. The second-order valence-corrected chi connectivity index (χ2v) is 10.8. The summed E-state index contributed by atoms with van der Waals surface area (Å²) in [4.78, 5) is 24.3. The molecule has 4 N–H and O–H groups in total. The van der Waals surface area contributed by atoms with E-state index in [4.69, 9.17) is 0 Å². The lowest BCUT2D eigenvalue weighted by Gasteiger charge is -2.24. The third kappa shape index (κ3) is 3.62. The van der Waals surface area contributed by atoms with Crippen LogP contribution in [0.1, 0.15) is 93.6 Å². The van der Waals surface area contributed by atoms with Gasteiger partial charge < -0.3 is 20.4 Å². The third-order valence-corrected chi connectivity index (χ3v) is 7.78. The van der Waals surface area contributed by atoms with Crippen LogP contribution in [-0.2, 0) is 0 Å². The fraction of sp³-hybridized carbons (Fsp3) is 0.312. The Labute approximate surface area is 222 Å². The largest absolute Gasteiger partial charge is 0.507 e. The lowest BCUT2D eigenvalue weighted by Crippen LogP contribution is -2.03. The molecule has 0 radical (unpaired) electrons. The minimum absolute atomic E-state index is 0.000351. The smallest absolute Gasteiger partial charge is 0.154 e. The standard InChI is InChI=1S/C32H34O6/c1-13(2)23-17(7)29(35)21(11-33)27-19(23)9-15(5)25(31(27)37)26-16(6)10-20-24(14(3)4)18(8)30(36)22(12-34)28(20)32(26)38/h9-14,35-38H,1-8H3. The van der Waals surface area contributed by atoms with Crippen molar-refractivity contribution in [1.82, 2.24) is 0 Å². The maximum absolute atomic E-state index is 12.1. The minimum atomic E-state index is -0.245. The molecule has 0 aliphatic rings. The van der Waals surface area contributed by atoms with Crippen molar-refractivity contribution in [3.63, 3.8) is 0 Å². The molecule has 0 spiro atoms. The first kappa shape index (κ1) is 27.0. The van der Waals surface area contributed by atoms with E-state index in [-0.39, 0.29) is 56.7 Å². The molecule has 0 bridgehead atoms. The van der Waals surface area contributed by atoms with E-state index in [9.17, 15) is 30.0 Å². The zero-order valence-corrected chi connectivity index (χ0v) is 23.1. The van der Waals surface area contributed by atoms with Gasteiger partial charge in [0.1, 0.15) is 23.0 Å². The number of phenolic OH excluding ortho intramolecular Hbond substituents is 4. The highest BCUT2D eigenvalue weighted by Crippen LogP contribution is 2.52. The topological polar surface area (TPSA) is 115 Å². The van der Waals surface area contributed by atoms with Gasteiger partial charge in [0.15, 0.2) is 12.6 Å². The average Bonchev–Trinajstić information content (AvgIpc) is 2.83. The van der Waals surface area contributed by atoms with Gasteiger partial charge in [-0.05, 0) is 83.7 Å². The first-order valence-electron chi connectivity index (χ1n) is 12.7. The van der Waals surface area contributed by atoms with Gasteiger partial charge in [-0.1, -0.05) is 39.8 Å². The molecule has 0 aliphatic heterocycles. The van der Waals surface area contributed by atoms with E-state index < -0.39 is 0 Å². The van der Waals surface area contributed by atoms with Crippen LogP contribution in [0.2, 0.25) is 0 Å². The molecule has 4 aromatic rings. The molecule has 0 atom stereocenters. The Morgan fingerprint density at radius 2 is 0.895 bits per heavy atom. The zero-order valence-electron chi connectivity index (χ0n) is 23.1. The number of hydrogen-bond donors (Lipinski definition) is 4. The van der Waals surface area contributed by atoms with Crippen LogP contribution in [-0.4, -0.2) is 33.0 Å². The van der Waals surface area contributed by atoms with Crippen molar-refractivity contribution in [2.75, 3.05) is 0 Å². The monoisotopic (exact) mass is 514 g/mol. The van der Waals surface area contributed by atoms with Gasteiger partial charge in [-0.25, -0.2) is 0 Å². The second kappa shape index (κ2) is 9.35. The van der Waals surface area contributed by atoms with E-state index >= 15 is 0 Å². The third-order valence-electron chi connectivity index (χ3n) is 7.78. The fourth-order valence-corrected chi connectivity index (χ4v) is 6.22. The molecular formula is C32H34O6. The Balaban J connectivity index is 2.27. The van der Waals surface area contributed by atoms with Gasteiger partial charge >= 0.3 is 0 Å². The molecule has 38 heavy (non-hydrogen) atoms. The first-order valence-corrected chi connectivity index (χ1v) is 12.7. The summed E-state index contributed by atoms with van der Waals surface area (Å²) in [5, 5.41) is 46.9. The number of aryl methyl sites for hydroxylation is 2. The molecule has 4 aromatic carbocycles. The van der Waals surface area contributed by atoms with Crippen LogP contribution in [0, 0.1) is 27.7 Å². The van der Waals surface area contributed by atoms with Crippen LogP contribution in [0.3, 0.4) is 0 Å². The van der Waals surface area contributed by atoms with Crippen molar-refractivity contribution < 1.29 is 30.0 Å². The molecule has 0 amide bonds. The summed E-state index contributed by atoms with van der Waals surface area (Å²) in [6.45, 7) is 15.0. The Kier molecular flexibility index (Phi) is 6.64. The molecule has 0 fully saturated rings. The van der Waals surface area contributed by atoms with Crippen LogP contribution in [0.4, 0.5) is 0 Å². The summed E-state index contributed by atoms with van der Waals surface area (Å²) < 4.78 is 0. The number of aldehydes is 2. The lowest BCUT2D eigenvalue weighted by atomic mass is 9.82. The van der Waals surface area contributed by atoms with Gasteiger partial charge in [-0.3, -0.25) is 9.59 Å². The van der Waals surface area contributed by atoms with Gasteiger partial charge in [0, 0.05) is 21.9 Å². The molecule has 0 saturated carbocycles. The highest BCUT2D eigenvalue weighted by Gasteiger charge is 2.28. The summed E-state index contributed by atoms with van der Waals surface area (Å²) in [5.74, 6) is -0.868. The summed E-state index contributed by atoms with van der Waals surface area (Å²) in [5.41, 5.74) is 4.61. The number of carbonyl (C=O) groups excluding carboxylic acids is 2. The predicted octanol–water partition coefficient (Wildman–Crippen LogP) is 7.59. The number of benzene rings is 4. The lowest BCUT2D eigenvalue weighted by molar-refractivity contribution is 0.111. The normalized spacial score (nSPS) is 11.7. The van der Waals surface area contributed by atoms with E-state index in [2.05, 4.69) is 0 Å². The highest BCUT2D eigenvalue weighted by molar-refractivity contribution is 6.13. The van der Waals surface area contributed by atoms with Crippen LogP contribution >= 0.6 is 0 Å². The molecular weight excluding hydrogens is 480 g/mol. The summed E-state index contributed by atoms with van der Waals surface area (Å²) in [6, 6.07) is 3.71. The Morgan fingerprint density at radius 1 is 0.579 bits per heavy atom. The second-order valence-electron chi connectivity index (χ2n) is 10.8. The molecule has 0 heterocycles. The van der Waals surface area contributed by atoms with E-state index in [0.29, 0.717) is 56.7 Å². The molecule has 4 rings (SSSR count). The van der Waals surface area contributed by atoms with Crippen molar-refractivity contribution in [2.45, 2.75) is 67.2 Å². The molecule has 6 heteroatoms. The van der Waals surface area contributed by atoms with E-state index in [1.54, 1.807) is 27.7 Å². The van der Waals surface area contributed by atoms with Crippen molar-refractivity contribution >= 4 is 34.1 Å². The summed E-state index contributed by atoms with van der Waals surface area (Å²) in [7, 11) is 0. The van der Waals surface area contributed by atoms with Gasteiger partial charge in [-0.2, -0.15) is 0 Å². The van der Waals surface area contributed by atoms with Crippen LogP contribution in [0.15, 0.2) is 12.1 Å². The number of aromatic hydroxyl groups is 4. The van der Waals surface area contributed by atoms with Gasteiger partial charge in [0.05, 0.1) is 11.1 Å². The molecule has 0 unspecified atom stereocenters. The Hall–Kier alpha value is -4.06. The molecule has 0 aromatic heterocycles. The summed E-state index contributed by atoms with van der Waals surface area (Å²) in [6.07, 6.45) is 1.06. The number of fused-ring (bicyclic) bond motifs is 2. The van der Waals surface area contributed by atoms with Crippen molar-refractivity contribution in [1.29, 1.82) is 0 Å². The van der Waals surface area contributed by atoms with Gasteiger partial charge in [0.2, 0.25) is 0 Å². The SMILES string of the molecule is Cc1cc2c(C(C)C)c(C)c(O)c(C=O)c2c(O)c1-c1c(C)cc2c(C(C)C)c(C)c(O)c(C=O)c2c1O. The molecule has 6 nitrogen and oxygen atoms in total. The first-order chi connectivity index (χ1) is 17.8. The number of carbonyl (C=O) groups is 2. The summed E-state index contributed by atoms with van der Waals surface area (Å²) >= 11 is 0. The van der Waals surface area contributed by atoms with E-state index in [1.165, 1.54) is 0 Å². The zero-order chi connectivity index (χ0) is 28.4. The van der Waals surface area contributed by atoms with Crippen molar-refractivity contribution in [3.05, 3.63) is 56.6 Å². The number of hydrogen-bond acceptors (Lipinski definition) is 6. The van der Waals surface area contributed by atoms with Gasteiger partial charge in [-0.15, -0.1) is 0 Å². The van der Waals surface area contributed by atoms with Crippen LogP contribution in [0.25, 0.3) is 32.7 Å². The van der Waals surface area contributed by atoms with Gasteiger partial charge in [0.25, 0.3) is 0 Å². The quantitative estimate of drug-likeness (QED) is 0.204. The van der Waals surface area contributed by atoms with Crippen LogP contribution < -0.4 is 0 Å². The van der Waals surface area contributed by atoms with Crippen LogP contribution in [0.5, 0.6) is 23.0 Å². The number of phenols is 4. The average molecular weight is 515 g/mol. The molecule has 0 aliphatic carbocycles. The van der Waals surface area contributed by atoms with Crippen molar-refractivity contribution in [3.8, 4) is 34.1 Å². The maximum atomic E-state index is 12.1. The Morgan fingerprint density at radius 3 is 1.16 bits per heavy atom. The fourth-order valence-electron chi connectivity index (χ4n) is 6.22. The predicted molar refractivity (Wildman–Crippen MR) is 151 cm³/mol. The Bertz CT molecular complexity index is 1550. The minimum Gasteiger partial charge on any atom is -0.507 e. The van der Waals surface area contributed by atoms with Crippen molar-refractivity contribution in [2.24, 2.45) is 0 Å². The number of rotatable bonds is 5. The molecule has 0 saturated heterocycles. The highest BCUT2D eigenvalue weighted by atomic mass is 16.3. The van der Waals surface area contributed by atoms with E-state index in [0.717, 1.165) is 11.1 Å². The van der Waals surface area contributed by atoms with E-state index in [1.807, 2.05) is 39.8 Å². The maximum Gasteiger partial charge on any atom is 0.154 e.